The van der Waals surface area contributed by atoms with Gasteiger partial charge in [0.05, 0.1) is 48.6 Å². The molecule has 0 aromatic heterocycles. The summed E-state index contributed by atoms with van der Waals surface area (Å²) in [5.41, 5.74) is 3.81. The highest BCUT2D eigenvalue weighted by Crippen LogP contribution is 2.29. The van der Waals surface area contributed by atoms with Crippen LogP contribution in [0, 0.1) is 5.92 Å². The van der Waals surface area contributed by atoms with Crippen LogP contribution in [0.3, 0.4) is 0 Å². The van der Waals surface area contributed by atoms with Gasteiger partial charge in [0.25, 0.3) is 5.91 Å². The third kappa shape index (κ3) is 15.5. The summed E-state index contributed by atoms with van der Waals surface area (Å²) in [5.74, 6) is -9.88. The predicted molar refractivity (Wildman–Crippen MR) is 299 cm³/mol. The topological polar surface area (TPSA) is 351 Å². The fourth-order valence-electron chi connectivity index (χ4n) is 10.2. The van der Waals surface area contributed by atoms with Crippen molar-refractivity contribution in [2.24, 2.45) is 5.92 Å². The van der Waals surface area contributed by atoms with Gasteiger partial charge in [0.2, 0.25) is 35.4 Å². The van der Waals surface area contributed by atoms with Crippen molar-refractivity contribution in [2.45, 2.75) is 127 Å². The van der Waals surface area contributed by atoms with E-state index in [4.69, 9.17) is 4.74 Å². The Morgan fingerprint density at radius 1 is 0.695 bits per heavy atom. The van der Waals surface area contributed by atoms with Crippen molar-refractivity contribution in [2.75, 3.05) is 37.7 Å². The van der Waals surface area contributed by atoms with E-state index in [-0.39, 0.29) is 24.3 Å². The van der Waals surface area contributed by atoms with Crippen molar-refractivity contribution in [1.82, 2.24) is 36.4 Å². The van der Waals surface area contributed by atoms with Crippen molar-refractivity contribution < 1.29 is 77.4 Å². The van der Waals surface area contributed by atoms with Crippen LogP contribution in [0.4, 0.5) is 0 Å². The van der Waals surface area contributed by atoms with Gasteiger partial charge in [0.1, 0.15) is 47.8 Å². The number of unbranched alkanes of at least 4 members (excludes halogenated alkanes) is 2. The fraction of sp³-hybridized carbons (Fsp3) is 0.466. The van der Waals surface area contributed by atoms with E-state index in [1.54, 1.807) is 12.1 Å². The van der Waals surface area contributed by atoms with E-state index in [0.717, 1.165) is 65.3 Å². The van der Waals surface area contributed by atoms with Gasteiger partial charge >= 0.3 is 0 Å². The Morgan fingerprint density at radius 2 is 1.23 bits per heavy atom. The molecule has 0 spiro atoms. The number of aliphatic hydroxyl groups is 5. The van der Waals surface area contributed by atoms with Gasteiger partial charge in [0, 0.05) is 44.0 Å². The standard InChI is InChI=1S/C58H73N7O16S/c1-5-6-7-25-81-43-22-18-39(19-23-43)37-12-10-36(11-13-37)38-14-16-40(17-15-38)52(72)60-44-31-82(79,80)26-24-59-56(76)50-51(71)32(2)29-65(50)58(78)48(34(4)67)62-55(75)49(46(70)27-35-8-20-41(68)21-9-35)63-54(74)45-28-42(69)30-64(45)57(77)47(33(3)66)61-53(44)73/h8-23,32-34,42,44-51,66-71H,5-7,24-31H2,1-4H3,(H,59,76)(H,60,72)(H,61,73)(H,62,75)(H,63,74)/t32-,33-,34-,42+,44-,45+,46+,47+,48+,49?,50+,51-/m1/s1. The van der Waals surface area contributed by atoms with E-state index < -0.39 is 155 Å². The number of fused-ring (bicyclic) bond motifs is 2. The average molecular weight is 1160 g/mol. The molecule has 3 saturated heterocycles. The zero-order chi connectivity index (χ0) is 59.6. The van der Waals surface area contributed by atoms with E-state index in [9.17, 15) is 72.6 Å². The second-order valence-corrected chi connectivity index (χ2v) is 23.6. The van der Waals surface area contributed by atoms with Crippen molar-refractivity contribution in [3.8, 4) is 33.8 Å². The molecular weight excluding hydrogens is 1080 g/mol. The molecule has 0 bridgehead atoms. The fourth-order valence-corrected chi connectivity index (χ4v) is 11.5. The molecular formula is C58H73N7O16S. The first-order valence-electron chi connectivity index (χ1n) is 27.4. The highest BCUT2D eigenvalue weighted by atomic mass is 32.2. The Labute approximate surface area is 475 Å². The summed E-state index contributed by atoms with van der Waals surface area (Å²) >= 11 is 0. The molecule has 7 rings (SSSR count). The Hall–Kier alpha value is -7.48. The number of carbonyl (C=O) groups is 7. The molecule has 3 fully saturated rings. The highest BCUT2D eigenvalue weighted by Gasteiger charge is 2.49. The molecule has 0 radical (unpaired) electrons. The first-order valence-corrected chi connectivity index (χ1v) is 29.2. The second-order valence-electron chi connectivity index (χ2n) is 21.3. The Morgan fingerprint density at radius 3 is 1.80 bits per heavy atom. The SMILES string of the molecule is CCCCCOc1ccc(-c2ccc(-c3ccc(C(=O)N[C@@H]4CS(=O)(=O)CCNC(=O)[C@@H]5[C@H](O)[C@H](C)CN5C(=O)[C@H]([C@@H](C)O)NC(=O)C([C@@H](O)Cc5ccc(O)cc5)NC(=O)[C@@H]5C[C@H](O)CN5C(=O)[C@H]([C@@H](C)O)NC4=O)cc3)cc2)cc1. The lowest BCUT2D eigenvalue weighted by molar-refractivity contribution is -0.147. The smallest absolute Gasteiger partial charge is 0.251 e. The van der Waals surface area contributed by atoms with Crippen LogP contribution in [-0.4, -0.2) is 195 Å². The number of ether oxygens (including phenoxy) is 1. The number of nitrogens with zero attached hydrogens (tertiary/aromatic N) is 2. The predicted octanol–water partition coefficient (Wildman–Crippen LogP) is -0.0726. The monoisotopic (exact) mass is 1160 g/mol. The molecule has 12 atom stereocenters. The van der Waals surface area contributed by atoms with Crippen LogP contribution >= 0.6 is 0 Å². The van der Waals surface area contributed by atoms with Crippen LogP contribution in [0.2, 0.25) is 0 Å². The number of carbonyl (C=O) groups excluding carboxylic acids is 7. The molecule has 3 heterocycles. The molecule has 1 unspecified atom stereocenters. The van der Waals surface area contributed by atoms with Gasteiger partial charge in [-0.05, 0) is 84.5 Å². The van der Waals surface area contributed by atoms with Gasteiger partial charge in [-0.25, -0.2) is 8.42 Å². The second kappa shape index (κ2) is 27.5. The summed E-state index contributed by atoms with van der Waals surface area (Å²) in [7, 11) is -4.48. The van der Waals surface area contributed by atoms with E-state index in [1.807, 2.05) is 48.5 Å². The molecule has 442 valence electrons. The minimum Gasteiger partial charge on any atom is -0.508 e. The first kappa shape index (κ1) is 62.1. The molecule has 3 aliphatic heterocycles. The van der Waals surface area contributed by atoms with Crippen molar-refractivity contribution in [3.05, 3.63) is 108 Å². The summed E-state index contributed by atoms with van der Waals surface area (Å²) in [6, 6.07) is 16.1. The van der Waals surface area contributed by atoms with Crippen molar-refractivity contribution in [3.63, 3.8) is 0 Å². The number of nitrogens with one attached hydrogen (secondary N) is 5. The van der Waals surface area contributed by atoms with E-state index in [2.05, 4.69) is 33.5 Å². The van der Waals surface area contributed by atoms with Gasteiger partial charge in [-0.3, -0.25) is 33.6 Å². The third-order valence-corrected chi connectivity index (χ3v) is 16.6. The van der Waals surface area contributed by atoms with Gasteiger partial charge in [0.15, 0.2) is 9.84 Å². The quantitative estimate of drug-likeness (QED) is 0.0736. The summed E-state index contributed by atoms with van der Waals surface area (Å²) in [4.78, 5) is 101. The minimum absolute atomic E-state index is 0.00231. The van der Waals surface area contributed by atoms with Gasteiger partial charge in [-0.15, -0.1) is 0 Å². The number of amides is 7. The lowest BCUT2D eigenvalue weighted by Gasteiger charge is -2.33. The maximum Gasteiger partial charge on any atom is 0.251 e. The summed E-state index contributed by atoms with van der Waals surface area (Å²) in [5, 5.41) is 77.5. The Bertz CT molecular complexity index is 3020. The average Bonchev–Trinajstić information content (AvgIpc) is 4.20. The van der Waals surface area contributed by atoms with E-state index in [0.29, 0.717) is 17.7 Å². The zero-order valence-electron chi connectivity index (χ0n) is 46.0. The van der Waals surface area contributed by atoms with Crippen molar-refractivity contribution in [1.29, 1.82) is 0 Å². The van der Waals surface area contributed by atoms with Crippen LogP contribution in [0.15, 0.2) is 97.1 Å². The molecule has 7 amide bonds. The summed E-state index contributed by atoms with van der Waals surface area (Å²) in [6.45, 7) is 5.08. The molecule has 23 nitrogen and oxygen atoms in total. The molecule has 0 aliphatic carbocycles. The summed E-state index contributed by atoms with van der Waals surface area (Å²) < 4.78 is 33.7. The number of sulfone groups is 1. The van der Waals surface area contributed by atoms with Gasteiger partial charge in [-0.1, -0.05) is 87.4 Å². The number of phenolic OH excluding ortho intramolecular Hbond substituents is 1. The summed E-state index contributed by atoms with van der Waals surface area (Å²) in [6.07, 6.45) is -5.84. The lowest BCUT2D eigenvalue weighted by atomic mass is 9.99. The number of aromatic hydroxyl groups is 1. The van der Waals surface area contributed by atoms with E-state index in [1.165, 1.54) is 43.3 Å². The Kier molecular flexibility index (Phi) is 20.9. The van der Waals surface area contributed by atoms with Crippen LogP contribution < -0.4 is 31.3 Å². The first-order chi connectivity index (χ1) is 38.9. The number of aliphatic hydroxyl groups excluding tert-OH is 5. The molecule has 11 N–H and O–H groups in total. The lowest BCUT2D eigenvalue weighted by Crippen LogP contribution is -2.64. The Balaban J connectivity index is 1.16. The molecule has 4 aromatic carbocycles. The minimum atomic E-state index is -4.48. The maximum atomic E-state index is 14.5. The number of hydrogen-bond acceptors (Lipinski definition) is 16. The molecule has 24 heteroatoms. The van der Waals surface area contributed by atoms with Crippen LogP contribution in [0.25, 0.3) is 22.3 Å². The normalized spacial score (nSPS) is 26.1. The van der Waals surface area contributed by atoms with Gasteiger partial charge < -0.3 is 71.8 Å². The van der Waals surface area contributed by atoms with Crippen LogP contribution in [-0.2, 0) is 45.0 Å². The molecule has 82 heavy (non-hydrogen) atoms. The highest BCUT2D eigenvalue weighted by molar-refractivity contribution is 7.91. The number of benzene rings is 4. The number of hydrogen-bond donors (Lipinski definition) is 11. The maximum absolute atomic E-state index is 14.5. The number of phenols is 1. The molecule has 4 aromatic rings. The zero-order valence-corrected chi connectivity index (χ0v) is 46.8. The van der Waals surface area contributed by atoms with Crippen LogP contribution in [0.5, 0.6) is 11.5 Å². The largest absolute Gasteiger partial charge is 0.508 e. The molecule has 0 saturated carbocycles. The van der Waals surface area contributed by atoms with E-state index >= 15 is 0 Å². The van der Waals surface area contributed by atoms with Gasteiger partial charge in [-0.2, -0.15) is 0 Å². The third-order valence-electron chi connectivity index (χ3n) is 14.9. The van der Waals surface area contributed by atoms with Crippen molar-refractivity contribution >= 4 is 51.2 Å². The molecule has 3 aliphatic rings. The van der Waals surface area contributed by atoms with Crippen LogP contribution in [0.1, 0.15) is 69.3 Å². The number of rotatable bonds is 14.